The highest BCUT2D eigenvalue weighted by Gasteiger charge is 2.30. The number of azo groups is 1. The molecule has 0 unspecified atom stereocenters. The molecule has 0 saturated carbocycles. The molecule has 0 aliphatic heterocycles. The van der Waals surface area contributed by atoms with Gasteiger partial charge in [0.1, 0.15) is 12.1 Å². The van der Waals surface area contributed by atoms with Gasteiger partial charge in [-0.25, -0.2) is 9.69 Å². The molecule has 32 heavy (non-hydrogen) atoms. The van der Waals surface area contributed by atoms with Gasteiger partial charge in [0, 0.05) is 25.3 Å². The molecular formula is C23H28N4O5. The summed E-state index contributed by atoms with van der Waals surface area (Å²) in [6.07, 6.45) is -0.944. The first-order valence-corrected chi connectivity index (χ1v) is 9.91. The summed E-state index contributed by atoms with van der Waals surface area (Å²) < 4.78 is 9.87. The van der Waals surface area contributed by atoms with E-state index in [0.717, 1.165) is 5.69 Å². The van der Waals surface area contributed by atoms with Gasteiger partial charge in [-0.3, -0.25) is 9.59 Å². The number of hydrogen-bond donors (Lipinski definition) is 0. The van der Waals surface area contributed by atoms with Crippen molar-refractivity contribution in [2.24, 2.45) is 10.2 Å². The van der Waals surface area contributed by atoms with Gasteiger partial charge in [0.25, 0.3) is 5.91 Å². The summed E-state index contributed by atoms with van der Waals surface area (Å²) in [7, 11) is 5.06. The standard InChI is InChI=1S/C23H28N4O5/c1-23(2,3)32-22(30)27(15-20(28)31-6)21(29)16-8-7-9-18(14-16)25-24-17-10-12-19(13-11-17)26(4)5/h7-14H,15H2,1-6H3. The normalized spacial score (nSPS) is 11.2. The first-order valence-electron chi connectivity index (χ1n) is 9.91. The molecule has 2 aromatic rings. The second-order valence-corrected chi connectivity index (χ2v) is 8.11. The molecule has 170 valence electrons. The summed E-state index contributed by atoms with van der Waals surface area (Å²) in [5, 5.41) is 8.35. The molecule has 0 spiro atoms. The highest BCUT2D eigenvalue weighted by molar-refractivity contribution is 6.05. The van der Waals surface area contributed by atoms with Gasteiger partial charge in [-0.05, 0) is 63.2 Å². The van der Waals surface area contributed by atoms with E-state index in [4.69, 9.17) is 4.74 Å². The Morgan fingerprint density at radius 1 is 0.938 bits per heavy atom. The van der Waals surface area contributed by atoms with Gasteiger partial charge in [-0.1, -0.05) is 6.07 Å². The minimum Gasteiger partial charge on any atom is -0.468 e. The zero-order chi connectivity index (χ0) is 23.9. The SMILES string of the molecule is COC(=O)CN(C(=O)OC(C)(C)C)C(=O)c1cccc(N=Nc2ccc(N(C)C)cc2)c1. The van der Waals surface area contributed by atoms with Crippen molar-refractivity contribution in [2.75, 3.05) is 32.6 Å². The Balaban J connectivity index is 2.25. The number of methoxy groups -OCH3 is 1. The van der Waals surface area contributed by atoms with Crippen LogP contribution in [0.15, 0.2) is 58.8 Å². The lowest BCUT2D eigenvalue weighted by Crippen LogP contribution is -2.43. The molecular weight excluding hydrogens is 412 g/mol. The van der Waals surface area contributed by atoms with E-state index in [0.29, 0.717) is 16.3 Å². The second-order valence-electron chi connectivity index (χ2n) is 8.11. The van der Waals surface area contributed by atoms with Crippen LogP contribution in [-0.2, 0) is 14.3 Å². The van der Waals surface area contributed by atoms with Gasteiger partial charge < -0.3 is 14.4 Å². The summed E-state index contributed by atoms with van der Waals surface area (Å²) in [6.45, 7) is 4.42. The number of hydrogen-bond acceptors (Lipinski definition) is 8. The molecule has 9 heteroatoms. The fourth-order valence-corrected chi connectivity index (χ4v) is 2.52. The Labute approximate surface area is 187 Å². The number of imide groups is 1. The lowest BCUT2D eigenvalue weighted by molar-refractivity contribution is -0.141. The topological polar surface area (TPSA) is 101 Å². The van der Waals surface area contributed by atoms with Crippen LogP contribution in [0.25, 0.3) is 0 Å². The third-order valence-electron chi connectivity index (χ3n) is 4.11. The molecule has 0 N–H and O–H groups in total. The van der Waals surface area contributed by atoms with Crippen molar-refractivity contribution < 1.29 is 23.9 Å². The Morgan fingerprint density at radius 3 is 2.12 bits per heavy atom. The summed E-state index contributed by atoms with van der Waals surface area (Å²) in [4.78, 5) is 40.0. The monoisotopic (exact) mass is 440 g/mol. The smallest absolute Gasteiger partial charge is 0.417 e. The molecule has 0 heterocycles. The minimum absolute atomic E-state index is 0.152. The molecule has 0 aliphatic carbocycles. The maximum atomic E-state index is 13.0. The van der Waals surface area contributed by atoms with Crippen LogP contribution in [0, 0.1) is 0 Å². The predicted octanol–water partition coefficient (Wildman–Crippen LogP) is 4.72. The van der Waals surface area contributed by atoms with Crippen LogP contribution < -0.4 is 4.90 Å². The van der Waals surface area contributed by atoms with E-state index in [1.165, 1.54) is 19.2 Å². The van der Waals surface area contributed by atoms with Gasteiger partial charge in [0.15, 0.2) is 0 Å². The summed E-state index contributed by atoms with van der Waals surface area (Å²) >= 11 is 0. The lowest BCUT2D eigenvalue weighted by atomic mass is 10.1. The van der Waals surface area contributed by atoms with Gasteiger partial charge in [0.05, 0.1) is 18.5 Å². The number of ether oxygens (including phenoxy) is 2. The average Bonchev–Trinajstić information content (AvgIpc) is 2.74. The maximum Gasteiger partial charge on any atom is 0.417 e. The summed E-state index contributed by atoms with van der Waals surface area (Å²) in [5.41, 5.74) is 1.40. The van der Waals surface area contributed by atoms with E-state index in [1.807, 2.05) is 43.3 Å². The Morgan fingerprint density at radius 2 is 1.56 bits per heavy atom. The predicted molar refractivity (Wildman–Crippen MR) is 121 cm³/mol. The van der Waals surface area contributed by atoms with Crippen LogP contribution in [0.3, 0.4) is 0 Å². The molecule has 2 amide bonds. The van der Waals surface area contributed by atoms with Crippen molar-refractivity contribution in [2.45, 2.75) is 26.4 Å². The minimum atomic E-state index is -0.944. The molecule has 0 atom stereocenters. The number of amides is 2. The quantitative estimate of drug-likeness (QED) is 0.476. The van der Waals surface area contributed by atoms with Crippen molar-refractivity contribution in [3.63, 3.8) is 0 Å². The lowest BCUT2D eigenvalue weighted by Gasteiger charge is -2.25. The molecule has 0 fully saturated rings. The fraction of sp³-hybridized carbons (Fsp3) is 0.348. The maximum absolute atomic E-state index is 13.0. The zero-order valence-electron chi connectivity index (χ0n) is 19.2. The highest BCUT2D eigenvalue weighted by atomic mass is 16.6. The van der Waals surface area contributed by atoms with Crippen LogP contribution in [-0.4, -0.2) is 56.2 Å². The summed E-state index contributed by atoms with van der Waals surface area (Å²) in [5.74, 6) is -1.46. The molecule has 0 saturated heterocycles. The number of anilines is 1. The van der Waals surface area contributed by atoms with E-state index in [2.05, 4.69) is 15.0 Å². The van der Waals surface area contributed by atoms with E-state index < -0.39 is 30.1 Å². The number of carbonyl (C=O) groups excluding carboxylic acids is 3. The van der Waals surface area contributed by atoms with Crippen LogP contribution in [0.1, 0.15) is 31.1 Å². The van der Waals surface area contributed by atoms with Crippen LogP contribution in [0.5, 0.6) is 0 Å². The highest BCUT2D eigenvalue weighted by Crippen LogP contribution is 2.23. The first-order chi connectivity index (χ1) is 15.0. The van der Waals surface area contributed by atoms with Crippen molar-refractivity contribution in [1.29, 1.82) is 0 Å². The van der Waals surface area contributed by atoms with Gasteiger partial charge in [-0.2, -0.15) is 10.2 Å². The van der Waals surface area contributed by atoms with Crippen molar-refractivity contribution >= 4 is 35.0 Å². The molecule has 0 radical (unpaired) electrons. The fourth-order valence-electron chi connectivity index (χ4n) is 2.52. The largest absolute Gasteiger partial charge is 0.468 e. The van der Waals surface area contributed by atoms with Crippen molar-refractivity contribution in [3.8, 4) is 0 Å². The first kappa shape index (κ1) is 24.5. The Kier molecular flexibility index (Phi) is 8.06. The second kappa shape index (κ2) is 10.5. The Hall–Kier alpha value is -3.75. The number of nitrogens with zero attached hydrogens (tertiary/aromatic N) is 4. The molecule has 0 bridgehead atoms. The third kappa shape index (κ3) is 7.19. The average molecular weight is 441 g/mol. The third-order valence-corrected chi connectivity index (χ3v) is 4.11. The van der Waals surface area contributed by atoms with Gasteiger partial charge >= 0.3 is 12.1 Å². The number of benzene rings is 2. The Bertz CT molecular complexity index is 994. The van der Waals surface area contributed by atoms with E-state index >= 15 is 0 Å². The van der Waals surface area contributed by atoms with E-state index in [-0.39, 0.29) is 5.56 Å². The van der Waals surface area contributed by atoms with Crippen LogP contribution in [0.2, 0.25) is 0 Å². The number of carbonyl (C=O) groups is 3. The zero-order valence-corrected chi connectivity index (χ0v) is 19.2. The van der Waals surface area contributed by atoms with Crippen molar-refractivity contribution in [3.05, 3.63) is 54.1 Å². The van der Waals surface area contributed by atoms with Crippen LogP contribution >= 0.6 is 0 Å². The van der Waals surface area contributed by atoms with Crippen molar-refractivity contribution in [1.82, 2.24) is 4.90 Å². The molecule has 2 rings (SSSR count). The van der Waals surface area contributed by atoms with E-state index in [9.17, 15) is 14.4 Å². The number of rotatable bonds is 6. The number of esters is 1. The van der Waals surface area contributed by atoms with E-state index in [1.54, 1.807) is 32.9 Å². The van der Waals surface area contributed by atoms with Gasteiger partial charge in [-0.15, -0.1) is 0 Å². The molecule has 0 aromatic heterocycles. The molecule has 2 aromatic carbocycles. The van der Waals surface area contributed by atoms with Crippen LogP contribution in [0.4, 0.5) is 21.9 Å². The molecule has 0 aliphatic rings. The molecule has 9 nitrogen and oxygen atoms in total. The summed E-state index contributed by atoms with van der Waals surface area (Å²) in [6, 6.07) is 13.8. The van der Waals surface area contributed by atoms with Gasteiger partial charge in [0.2, 0.25) is 0 Å².